The SMILES string of the molecule is CC1(N2CCCC2)CNC1.Cl.Cl.c1cc(C2CCNC2)ccn1. The third kappa shape index (κ3) is 5.30. The van der Waals surface area contributed by atoms with Crippen LogP contribution in [-0.4, -0.2) is 54.7 Å². The van der Waals surface area contributed by atoms with Crippen molar-refractivity contribution in [3.05, 3.63) is 30.1 Å². The highest BCUT2D eigenvalue weighted by atomic mass is 35.5. The summed E-state index contributed by atoms with van der Waals surface area (Å²) in [6.07, 6.45) is 7.83. The van der Waals surface area contributed by atoms with Gasteiger partial charge in [-0.15, -0.1) is 24.8 Å². The van der Waals surface area contributed by atoms with Crippen LogP contribution in [0.5, 0.6) is 0 Å². The topological polar surface area (TPSA) is 40.2 Å². The molecule has 0 bridgehead atoms. The van der Waals surface area contributed by atoms with Gasteiger partial charge >= 0.3 is 0 Å². The van der Waals surface area contributed by atoms with Crippen molar-refractivity contribution in [2.24, 2.45) is 0 Å². The lowest BCUT2D eigenvalue weighted by Crippen LogP contribution is -2.66. The van der Waals surface area contributed by atoms with Crippen LogP contribution in [0.15, 0.2) is 24.5 Å². The molecule has 4 rings (SSSR count). The number of likely N-dealkylation sites (tertiary alicyclic amines) is 1. The lowest BCUT2D eigenvalue weighted by molar-refractivity contribution is 0.0776. The maximum Gasteiger partial charge on any atom is 0.0429 e. The van der Waals surface area contributed by atoms with Crippen LogP contribution in [0.4, 0.5) is 0 Å². The van der Waals surface area contributed by atoms with Crippen molar-refractivity contribution < 1.29 is 0 Å². The van der Waals surface area contributed by atoms with Gasteiger partial charge in [-0.05, 0) is 69.4 Å². The monoisotopic (exact) mass is 360 g/mol. The van der Waals surface area contributed by atoms with E-state index in [-0.39, 0.29) is 24.8 Å². The first-order valence-electron chi connectivity index (χ1n) is 8.34. The highest BCUT2D eigenvalue weighted by Gasteiger charge is 2.38. The Morgan fingerprint density at radius 3 is 2.22 bits per heavy atom. The minimum absolute atomic E-state index is 0. The Kier molecular flexibility index (Phi) is 8.80. The minimum Gasteiger partial charge on any atom is -0.316 e. The van der Waals surface area contributed by atoms with Gasteiger partial charge in [0, 0.05) is 37.6 Å². The van der Waals surface area contributed by atoms with E-state index in [0.29, 0.717) is 5.54 Å². The van der Waals surface area contributed by atoms with Gasteiger partial charge < -0.3 is 10.6 Å². The predicted molar refractivity (Wildman–Crippen MR) is 101 cm³/mol. The van der Waals surface area contributed by atoms with Gasteiger partial charge in [-0.1, -0.05) is 0 Å². The molecule has 3 aliphatic rings. The van der Waals surface area contributed by atoms with E-state index in [1.54, 1.807) is 0 Å². The zero-order valence-corrected chi connectivity index (χ0v) is 15.6. The van der Waals surface area contributed by atoms with E-state index >= 15 is 0 Å². The molecule has 4 heterocycles. The van der Waals surface area contributed by atoms with Crippen LogP contribution >= 0.6 is 24.8 Å². The predicted octanol–water partition coefficient (Wildman–Crippen LogP) is 2.45. The molecule has 0 amide bonds. The molecule has 0 saturated carbocycles. The summed E-state index contributed by atoms with van der Waals surface area (Å²) in [4.78, 5) is 6.62. The molecule has 1 aromatic rings. The van der Waals surface area contributed by atoms with E-state index in [2.05, 4.69) is 39.6 Å². The molecule has 0 spiro atoms. The number of halogens is 2. The first-order chi connectivity index (χ1) is 10.3. The molecule has 6 heteroatoms. The summed E-state index contributed by atoms with van der Waals surface area (Å²) in [6, 6.07) is 4.22. The Bertz CT molecular complexity index is 427. The van der Waals surface area contributed by atoms with Crippen molar-refractivity contribution in [3.8, 4) is 0 Å². The molecular weight excluding hydrogens is 331 g/mol. The van der Waals surface area contributed by atoms with E-state index in [0.717, 1.165) is 19.0 Å². The quantitative estimate of drug-likeness (QED) is 0.849. The average molecular weight is 361 g/mol. The fraction of sp³-hybridized carbons (Fsp3) is 0.706. The second-order valence-corrected chi connectivity index (χ2v) is 6.76. The fourth-order valence-electron chi connectivity index (χ4n) is 3.54. The second-order valence-electron chi connectivity index (χ2n) is 6.76. The summed E-state index contributed by atoms with van der Waals surface area (Å²) < 4.78 is 0. The number of nitrogens with zero attached hydrogens (tertiary/aromatic N) is 2. The molecule has 3 aliphatic heterocycles. The van der Waals surface area contributed by atoms with Gasteiger partial charge in [0.2, 0.25) is 0 Å². The van der Waals surface area contributed by atoms with Crippen molar-refractivity contribution in [2.45, 2.75) is 37.6 Å². The standard InChI is InChI=1S/C9H12N2.C8H16N2.2ClH/c1-4-10-5-2-8(1)9-3-6-11-7-9;1-8(6-9-7-8)10-4-2-3-5-10;;/h1-2,4-5,9,11H,3,6-7H2;9H,2-7H2,1H3;2*1H. The number of rotatable bonds is 2. The highest BCUT2D eigenvalue weighted by Crippen LogP contribution is 2.24. The van der Waals surface area contributed by atoms with Gasteiger partial charge in [-0.2, -0.15) is 0 Å². The molecule has 3 fully saturated rings. The lowest BCUT2D eigenvalue weighted by atomic mass is 9.93. The van der Waals surface area contributed by atoms with Crippen LogP contribution in [0.1, 0.15) is 37.7 Å². The first-order valence-corrected chi connectivity index (χ1v) is 8.34. The lowest BCUT2D eigenvalue weighted by Gasteiger charge is -2.46. The third-order valence-electron chi connectivity index (χ3n) is 5.12. The molecule has 0 radical (unpaired) electrons. The number of hydrogen-bond acceptors (Lipinski definition) is 4. The first kappa shape index (κ1) is 20.7. The van der Waals surface area contributed by atoms with Crippen molar-refractivity contribution >= 4 is 24.8 Å². The molecule has 2 N–H and O–H groups in total. The summed E-state index contributed by atoms with van der Waals surface area (Å²) >= 11 is 0. The van der Waals surface area contributed by atoms with Crippen LogP contribution < -0.4 is 10.6 Å². The number of aromatic nitrogens is 1. The van der Waals surface area contributed by atoms with Gasteiger partial charge in [0.25, 0.3) is 0 Å². The summed E-state index contributed by atoms with van der Waals surface area (Å²) in [5, 5.41) is 6.69. The molecule has 3 saturated heterocycles. The molecule has 4 nitrogen and oxygen atoms in total. The summed E-state index contributed by atoms with van der Waals surface area (Å²) in [6.45, 7) is 9.72. The van der Waals surface area contributed by atoms with Crippen LogP contribution in [0.25, 0.3) is 0 Å². The number of pyridine rings is 1. The summed E-state index contributed by atoms with van der Waals surface area (Å²) in [7, 11) is 0. The van der Waals surface area contributed by atoms with Crippen molar-refractivity contribution in [3.63, 3.8) is 0 Å². The molecule has 132 valence electrons. The van der Waals surface area contributed by atoms with Gasteiger partial charge in [-0.3, -0.25) is 9.88 Å². The maximum atomic E-state index is 4.00. The molecular formula is C17H30Cl2N4. The Morgan fingerprint density at radius 2 is 1.74 bits per heavy atom. The van der Waals surface area contributed by atoms with Gasteiger partial charge in [0.05, 0.1) is 0 Å². The molecule has 23 heavy (non-hydrogen) atoms. The average Bonchev–Trinajstić information content (AvgIpc) is 3.20. The number of nitrogens with one attached hydrogen (secondary N) is 2. The summed E-state index contributed by atoms with van der Waals surface area (Å²) in [5.41, 5.74) is 1.95. The highest BCUT2D eigenvalue weighted by molar-refractivity contribution is 5.85. The zero-order valence-electron chi connectivity index (χ0n) is 14.0. The Morgan fingerprint density at radius 1 is 1.09 bits per heavy atom. The van der Waals surface area contributed by atoms with Crippen molar-refractivity contribution in [2.75, 3.05) is 39.3 Å². The molecule has 0 aromatic carbocycles. The van der Waals surface area contributed by atoms with E-state index in [1.165, 1.54) is 51.0 Å². The molecule has 1 aromatic heterocycles. The molecule has 1 atom stereocenters. The van der Waals surface area contributed by atoms with Gasteiger partial charge in [-0.25, -0.2) is 0 Å². The summed E-state index contributed by atoms with van der Waals surface area (Å²) in [5.74, 6) is 0.720. The minimum atomic E-state index is 0. The Labute approximate surface area is 152 Å². The third-order valence-corrected chi connectivity index (χ3v) is 5.12. The fourth-order valence-corrected chi connectivity index (χ4v) is 3.54. The Balaban J connectivity index is 0.000000212. The second kappa shape index (κ2) is 9.80. The van der Waals surface area contributed by atoms with Crippen molar-refractivity contribution in [1.82, 2.24) is 20.5 Å². The maximum absolute atomic E-state index is 4.00. The van der Waals surface area contributed by atoms with Gasteiger partial charge in [0.1, 0.15) is 0 Å². The zero-order chi connectivity index (χ0) is 14.5. The smallest absolute Gasteiger partial charge is 0.0429 e. The number of hydrogen-bond donors (Lipinski definition) is 2. The van der Waals surface area contributed by atoms with E-state index in [4.69, 9.17) is 0 Å². The normalized spacial score (nSPS) is 25.3. The van der Waals surface area contributed by atoms with E-state index in [9.17, 15) is 0 Å². The van der Waals surface area contributed by atoms with Crippen LogP contribution in [-0.2, 0) is 0 Å². The van der Waals surface area contributed by atoms with E-state index in [1.807, 2.05) is 12.4 Å². The van der Waals surface area contributed by atoms with Crippen molar-refractivity contribution in [1.29, 1.82) is 0 Å². The van der Waals surface area contributed by atoms with Crippen LogP contribution in [0, 0.1) is 0 Å². The molecule has 0 aliphatic carbocycles. The van der Waals surface area contributed by atoms with Crippen LogP contribution in [0.3, 0.4) is 0 Å². The Hall–Kier alpha value is -0.390. The van der Waals surface area contributed by atoms with Crippen LogP contribution in [0.2, 0.25) is 0 Å². The van der Waals surface area contributed by atoms with Gasteiger partial charge in [0.15, 0.2) is 0 Å². The van der Waals surface area contributed by atoms with E-state index < -0.39 is 0 Å². The molecule has 1 unspecified atom stereocenters. The largest absolute Gasteiger partial charge is 0.316 e.